The van der Waals surface area contributed by atoms with Crippen LogP contribution in [0.3, 0.4) is 0 Å². The summed E-state index contributed by atoms with van der Waals surface area (Å²) in [6.45, 7) is 2.35. The second kappa shape index (κ2) is 4.60. The van der Waals surface area contributed by atoms with Gasteiger partial charge in [0.05, 0.1) is 6.61 Å². The van der Waals surface area contributed by atoms with Crippen molar-refractivity contribution in [3.8, 4) is 0 Å². The Morgan fingerprint density at radius 3 is 2.82 bits per heavy atom. The molecule has 3 aliphatic carbocycles. The van der Waals surface area contributed by atoms with E-state index < -0.39 is 0 Å². The lowest BCUT2D eigenvalue weighted by Crippen LogP contribution is -2.27. The number of hydrogen-bond acceptors (Lipinski definition) is 3. The van der Waals surface area contributed by atoms with Crippen molar-refractivity contribution in [2.45, 2.75) is 39.0 Å². The summed E-state index contributed by atoms with van der Waals surface area (Å²) in [7, 11) is 0. The van der Waals surface area contributed by atoms with Crippen molar-refractivity contribution in [2.24, 2.45) is 29.6 Å². The van der Waals surface area contributed by atoms with Crippen molar-refractivity contribution < 1.29 is 14.3 Å². The van der Waals surface area contributed by atoms with E-state index in [4.69, 9.17) is 9.47 Å². The van der Waals surface area contributed by atoms with Gasteiger partial charge >= 0.3 is 5.97 Å². The Kier molecular flexibility index (Phi) is 3.12. The molecule has 0 N–H and O–H groups in total. The Labute approximate surface area is 103 Å². The molecule has 3 fully saturated rings. The molecule has 0 spiro atoms. The Balaban J connectivity index is 1.46. The van der Waals surface area contributed by atoms with Crippen LogP contribution in [0.15, 0.2) is 0 Å². The highest BCUT2D eigenvalue weighted by Crippen LogP contribution is 2.60. The zero-order valence-electron chi connectivity index (χ0n) is 10.6. The molecule has 3 heteroatoms. The van der Waals surface area contributed by atoms with E-state index in [0.717, 1.165) is 36.2 Å². The maximum absolute atomic E-state index is 10.6. The average molecular weight is 238 g/mol. The van der Waals surface area contributed by atoms with Gasteiger partial charge in [0.1, 0.15) is 0 Å². The van der Waals surface area contributed by atoms with Crippen molar-refractivity contribution in [3.05, 3.63) is 0 Å². The lowest BCUT2D eigenvalue weighted by molar-refractivity contribution is -0.155. The Morgan fingerprint density at radius 1 is 1.18 bits per heavy atom. The number of fused-ring (bicyclic) bond motifs is 5. The third kappa shape index (κ3) is 2.10. The van der Waals surface area contributed by atoms with Crippen LogP contribution in [0.1, 0.15) is 39.0 Å². The fraction of sp³-hybridized carbons (Fsp3) is 0.929. The normalized spacial score (nSPS) is 42.8. The summed E-state index contributed by atoms with van der Waals surface area (Å²) < 4.78 is 10.3. The number of ether oxygens (including phenoxy) is 2. The summed E-state index contributed by atoms with van der Waals surface area (Å²) in [4.78, 5) is 10.6. The molecule has 0 radical (unpaired) electrons. The maximum Gasteiger partial charge on any atom is 0.304 e. The summed E-state index contributed by atoms with van der Waals surface area (Å²) in [5.41, 5.74) is 0. The molecule has 0 aromatic heterocycles. The van der Waals surface area contributed by atoms with Gasteiger partial charge in [-0.3, -0.25) is 4.79 Å². The molecule has 0 heterocycles. The van der Waals surface area contributed by atoms with E-state index in [9.17, 15) is 4.79 Å². The molecule has 3 nitrogen and oxygen atoms in total. The molecule has 5 unspecified atom stereocenters. The molecule has 3 rings (SSSR count). The molecule has 0 aliphatic heterocycles. The predicted octanol–water partition coefficient (Wildman–Crippen LogP) is 2.60. The first-order chi connectivity index (χ1) is 8.25. The second-order valence-corrected chi connectivity index (χ2v) is 6.04. The molecule has 5 atom stereocenters. The third-order valence-electron chi connectivity index (χ3n) is 5.24. The van der Waals surface area contributed by atoms with Crippen LogP contribution >= 0.6 is 0 Å². The second-order valence-electron chi connectivity index (χ2n) is 6.04. The van der Waals surface area contributed by atoms with E-state index >= 15 is 0 Å². The third-order valence-corrected chi connectivity index (χ3v) is 5.24. The van der Waals surface area contributed by atoms with Gasteiger partial charge in [-0.05, 0) is 55.3 Å². The van der Waals surface area contributed by atoms with E-state index in [1.807, 2.05) is 0 Å². The molecule has 0 aromatic rings. The van der Waals surface area contributed by atoms with Crippen LogP contribution in [0.2, 0.25) is 0 Å². The van der Waals surface area contributed by atoms with Crippen LogP contribution in [-0.4, -0.2) is 19.4 Å². The SMILES string of the molecule is CC(=O)OCOCC1CC2CC1C1CCCC21. The minimum absolute atomic E-state index is 0.136. The monoisotopic (exact) mass is 238 g/mol. The number of rotatable bonds is 4. The van der Waals surface area contributed by atoms with Crippen molar-refractivity contribution in [3.63, 3.8) is 0 Å². The van der Waals surface area contributed by atoms with E-state index in [1.54, 1.807) is 0 Å². The van der Waals surface area contributed by atoms with Gasteiger partial charge in [0.15, 0.2) is 6.79 Å². The van der Waals surface area contributed by atoms with Crippen molar-refractivity contribution >= 4 is 5.97 Å². The summed E-state index contributed by atoms with van der Waals surface area (Å²) in [6.07, 6.45) is 7.17. The molecular weight excluding hydrogens is 216 g/mol. The number of carbonyl (C=O) groups is 1. The highest BCUT2D eigenvalue weighted by Gasteiger charge is 2.53. The van der Waals surface area contributed by atoms with Gasteiger partial charge in [0.2, 0.25) is 0 Å². The Morgan fingerprint density at radius 2 is 2.00 bits per heavy atom. The van der Waals surface area contributed by atoms with Crippen molar-refractivity contribution in [2.75, 3.05) is 13.4 Å². The summed E-state index contributed by atoms with van der Waals surface area (Å²) >= 11 is 0. The summed E-state index contributed by atoms with van der Waals surface area (Å²) in [5, 5.41) is 0. The van der Waals surface area contributed by atoms with Crippen LogP contribution in [-0.2, 0) is 14.3 Å². The number of carbonyl (C=O) groups excluding carboxylic acids is 1. The van der Waals surface area contributed by atoms with Gasteiger partial charge in [0.25, 0.3) is 0 Å². The molecule has 96 valence electrons. The first-order valence-corrected chi connectivity index (χ1v) is 6.97. The van der Waals surface area contributed by atoms with Crippen LogP contribution < -0.4 is 0 Å². The molecule has 0 amide bonds. The fourth-order valence-electron chi connectivity index (χ4n) is 4.73. The summed E-state index contributed by atoms with van der Waals surface area (Å²) in [6, 6.07) is 0. The largest absolute Gasteiger partial charge is 0.439 e. The minimum Gasteiger partial charge on any atom is -0.439 e. The standard InChI is InChI=1S/C14H22O3/c1-9(15)17-8-16-7-11-5-10-6-14(11)13-4-2-3-12(10)13/h10-14H,2-8H2,1H3. The molecule has 0 saturated heterocycles. The maximum atomic E-state index is 10.6. The number of hydrogen-bond donors (Lipinski definition) is 0. The lowest BCUT2D eigenvalue weighted by atomic mass is 9.76. The quantitative estimate of drug-likeness (QED) is 0.429. The van der Waals surface area contributed by atoms with Crippen LogP contribution in [0.5, 0.6) is 0 Å². The van der Waals surface area contributed by atoms with Crippen LogP contribution in [0.4, 0.5) is 0 Å². The van der Waals surface area contributed by atoms with Gasteiger partial charge < -0.3 is 9.47 Å². The average Bonchev–Trinajstić information content (AvgIpc) is 2.95. The molecule has 2 bridgehead atoms. The topological polar surface area (TPSA) is 35.5 Å². The van der Waals surface area contributed by atoms with Crippen molar-refractivity contribution in [1.82, 2.24) is 0 Å². The first-order valence-electron chi connectivity index (χ1n) is 6.97. The zero-order chi connectivity index (χ0) is 11.8. The zero-order valence-corrected chi connectivity index (χ0v) is 10.6. The molecular formula is C14H22O3. The minimum atomic E-state index is -0.256. The summed E-state index contributed by atoms with van der Waals surface area (Å²) in [5.74, 6) is 4.41. The smallest absolute Gasteiger partial charge is 0.304 e. The van der Waals surface area contributed by atoms with Gasteiger partial charge in [-0.25, -0.2) is 0 Å². The van der Waals surface area contributed by atoms with Gasteiger partial charge in [-0.1, -0.05) is 6.42 Å². The molecule has 3 aliphatic rings. The van der Waals surface area contributed by atoms with Crippen LogP contribution in [0.25, 0.3) is 0 Å². The van der Waals surface area contributed by atoms with Gasteiger partial charge in [-0.2, -0.15) is 0 Å². The highest BCUT2D eigenvalue weighted by atomic mass is 16.7. The first kappa shape index (κ1) is 11.5. The Bertz CT molecular complexity index is 302. The number of esters is 1. The van der Waals surface area contributed by atoms with Crippen LogP contribution in [0, 0.1) is 29.6 Å². The lowest BCUT2D eigenvalue weighted by Gasteiger charge is -2.31. The van der Waals surface area contributed by atoms with Gasteiger partial charge in [-0.15, -0.1) is 0 Å². The molecule has 3 saturated carbocycles. The van der Waals surface area contributed by atoms with E-state index in [2.05, 4.69) is 0 Å². The highest BCUT2D eigenvalue weighted by molar-refractivity contribution is 5.65. The van der Waals surface area contributed by atoms with E-state index in [1.165, 1.54) is 39.0 Å². The van der Waals surface area contributed by atoms with E-state index in [-0.39, 0.29) is 12.8 Å². The molecule has 0 aromatic carbocycles. The van der Waals surface area contributed by atoms with Gasteiger partial charge in [0, 0.05) is 6.92 Å². The Hall–Kier alpha value is -0.570. The molecule has 17 heavy (non-hydrogen) atoms. The fourth-order valence-corrected chi connectivity index (χ4v) is 4.73. The van der Waals surface area contributed by atoms with E-state index in [0.29, 0.717) is 0 Å². The van der Waals surface area contributed by atoms with Crippen molar-refractivity contribution in [1.29, 1.82) is 0 Å². The predicted molar refractivity (Wildman–Crippen MR) is 63.1 cm³/mol.